The summed E-state index contributed by atoms with van der Waals surface area (Å²) >= 11 is 0. The van der Waals surface area contributed by atoms with E-state index in [1.54, 1.807) is 0 Å². The van der Waals surface area contributed by atoms with Crippen LogP contribution in [0.4, 0.5) is 0 Å². The molecule has 1 aliphatic heterocycles. The molecule has 2 aromatic carbocycles. The fourth-order valence-electron chi connectivity index (χ4n) is 3.03. The number of ether oxygens (including phenoxy) is 1. The van der Waals surface area contributed by atoms with Crippen LogP contribution < -0.4 is 0 Å². The minimum Gasteiger partial charge on any atom is -0.388 e. The van der Waals surface area contributed by atoms with Gasteiger partial charge in [-0.3, -0.25) is 4.90 Å². The van der Waals surface area contributed by atoms with Crippen LogP contribution >= 0.6 is 0 Å². The SMILES string of the molecule is O[C@H](c1ccccc1)[C@@H](CN1CCOCC1)c1ccccc1. The van der Waals surface area contributed by atoms with E-state index >= 15 is 0 Å². The van der Waals surface area contributed by atoms with Crippen molar-refractivity contribution in [3.63, 3.8) is 0 Å². The van der Waals surface area contributed by atoms with Gasteiger partial charge in [0.25, 0.3) is 0 Å². The molecule has 0 radical (unpaired) electrons. The number of morpholine rings is 1. The van der Waals surface area contributed by atoms with E-state index in [0.29, 0.717) is 0 Å². The molecular formula is C19H23NO2. The zero-order valence-electron chi connectivity index (χ0n) is 12.8. The number of aliphatic hydroxyl groups is 1. The second-order valence-corrected chi connectivity index (χ2v) is 5.79. The van der Waals surface area contributed by atoms with Crippen LogP contribution in [-0.4, -0.2) is 42.9 Å². The van der Waals surface area contributed by atoms with Crippen molar-refractivity contribution in [3.05, 3.63) is 71.8 Å². The minimum atomic E-state index is -0.494. The van der Waals surface area contributed by atoms with Crippen molar-refractivity contribution in [2.24, 2.45) is 0 Å². The summed E-state index contributed by atoms with van der Waals surface area (Å²) < 4.78 is 5.43. The highest BCUT2D eigenvalue weighted by Gasteiger charge is 2.25. The van der Waals surface area contributed by atoms with Gasteiger partial charge in [-0.25, -0.2) is 0 Å². The number of hydrogen-bond donors (Lipinski definition) is 1. The third-order valence-electron chi connectivity index (χ3n) is 4.31. The summed E-state index contributed by atoms with van der Waals surface area (Å²) in [6, 6.07) is 20.3. The lowest BCUT2D eigenvalue weighted by Gasteiger charge is -2.33. The first-order valence-corrected chi connectivity index (χ1v) is 7.92. The Morgan fingerprint density at radius 2 is 1.41 bits per heavy atom. The maximum atomic E-state index is 10.9. The predicted octanol–water partition coefficient (Wildman–Crippen LogP) is 2.84. The van der Waals surface area contributed by atoms with E-state index in [-0.39, 0.29) is 5.92 Å². The Balaban J connectivity index is 1.82. The first-order valence-electron chi connectivity index (χ1n) is 7.92. The molecule has 0 saturated carbocycles. The molecule has 1 heterocycles. The molecule has 0 bridgehead atoms. The van der Waals surface area contributed by atoms with Crippen LogP contribution in [0.25, 0.3) is 0 Å². The van der Waals surface area contributed by atoms with Crippen molar-refractivity contribution < 1.29 is 9.84 Å². The van der Waals surface area contributed by atoms with Crippen LogP contribution in [0.2, 0.25) is 0 Å². The van der Waals surface area contributed by atoms with E-state index in [0.717, 1.165) is 38.4 Å². The lowest BCUT2D eigenvalue weighted by Crippen LogP contribution is -2.39. The van der Waals surface area contributed by atoms with Crippen LogP contribution in [0.15, 0.2) is 60.7 Å². The Morgan fingerprint density at radius 3 is 2.00 bits per heavy atom. The molecular weight excluding hydrogens is 274 g/mol. The molecule has 0 aromatic heterocycles. The molecule has 2 atom stereocenters. The lowest BCUT2D eigenvalue weighted by molar-refractivity contribution is 0.0240. The van der Waals surface area contributed by atoms with Gasteiger partial charge in [0.05, 0.1) is 19.3 Å². The Hall–Kier alpha value is -1.68. The van der Waals surface area contributed by atoms with E-state index < -0.39 is 6.10 Å². The number of nitrogens with zero attached hydrogens (tertiary/aromatic N) is 1. The summed E-state index contributed by atoms with van der Waals surface area (Å²) in [4.78, 5) is 2.38. The highest BCUT2D eigenvalue weighted by molar-refractivity contribution is 5.27. The minimum absolute atomic E-state index is 0.0710. The monoisotopic (exact) mass is 297 g/mol. The second kappa shape index (κ2) is 7.54. The average Bonchev–Trinajstić information content (AvgIpc) is 2.61. The zero-order chi connectivity index (χ0) is 15.2. The standard InChI is InChI=1S/C19H23NO2/c21-19(17-9-5-2-6-10-17)18(16-7-3-1-4-8-16)15-20-11-13-22-14-12-20/h1-10,18-19,21H,11-15H2/t18-,19+/m0/s1. The van der Waals surface area contributed by atoms with Crippen LogP contribution in [0.1, 0.15) is 23.1 Å². The van der Waals surface area contributed by atoms with Crippen LogP contribution in [0.3, 0.4) is 0 Å². The topological polar surface area (TPSA) is 32.7 Å². The van der Waals surface area contributed by atoms with E-state index in [2.05, 4.69) is 17.0 Å². The van der Waals surface area contributed by atoms with E-state index in [1.807, 2.05) is 48.5 Å². The zero-order valence-corrected chi connectivity index (χ0v) is 12.8. The lowest BCUT2D eigenvalue weighted by atomic mass is 9.88. The van der Waals surface area contributed by atoms with Crippen molar-refractivity contribution in [2.75, 3.05) is 32.8 Å². The first kappa shape index (κ1) is 15.2. The van der Waals surface area contributed by atoms with Gasteiger partial charge in [-0.1, -0.05) is 60.7 Å². The third kappa shape index (κ3) is 3.74. The molecule has 1 saturated heterocycles. The number of hydrogen-bond acceptors (Lipinski definition) is 3. The van der Waals surface area contributed by atoms with Crippen LogP contribution in [0, 0.1) is 0 Å². The Kier molecular flexibility index (Phi) is 5.22. The molecule has 2 aromatic rings. The highest BCUT2D eigenvalue weighted by Crippen LogP contribution is 2.31. The van der Waals surface area contributed by atoms with Gasteiger partial charge in [-0.2, -0.15) is 0 Å². The molecule has 0 spiro atoms. The van der Waals surface area contributed by atoms with Gasteiger partial charge in [0, 0.05) is 25.6 Å². The fraction of sp³-hybridized carbons (Fsp3) is 0.368. The molecule has 3 rings (SSSR count). The molecule has 1 fully saturated rings. The molecule has 3 nitrogen and oxygen atoms in total. The number of aliphatic hydroxyl groups excluding tert-OH is 1. The molecule has 0 aliphatic carbocycles. The van der Waals surface area contributed by atoms with Crippen LogP contribution in [0.5, 0.6) is 0 Å². The van der Waals surface area contributed by atoms with Crippen molar-refractivity contribution in [2.45, 2.75) is 12.0 Å². The summed E-state index contributed by atoms with van der Waals surface area (Å²) in [6.45, 7) is 4.28. The molecule has 0 amide bonds. The average molecular weight is 297 g/mol. The third-order valence-corrected chi connectivity index (χ3v) is 4.31. The smallest absolute Gasteiger partial charge is 0.0870 e. The van der Waals surface area contributed by atoms with E-state index in [1.165, 1.54) is 5.56 Å². The van der Waals surface area contributed by atoms with Gasteiger partial charge in [0.2, 0.25) is 0 Å². The summed E-state index contributed by atoms with van der Waals surface area (Å²) in [5, 5.41) is 10.9. The largest absolute Gasteiger partial charge is 0.388 e. The van der Waals surface area contributed by atoms with E-state index in [9.17, 15) is 5.11 Å². The van der Waals surface area contributed by atoms with Gasteiger partial charge < -0.3 is 9.84 Å². The van der Waals surface area contributed by atoms with Gasteiger partial charge in [-0.05, 0) is 11.1 Å². The summed E-state index contributed by atoms with van der Waals surface area (Å²) in [6.07, 6.45) is -0.494. The van der Waals surface area contributed by atoms with Crippen molar-refractivity contribution in [1.29, 1.82) is 0 Å². The predicted molar refractivity (Wildman–Crippen MR) is 87.8 cm³/mol. The van der Waals surface area contributed by atoms with Crippen molar-refractivity contribution in [3.8, 4) is 0 Å². The quantitative estimate of drug-likeness (QED) is 0.921. The molecule has 1 aliphatic rings. The molecule has 0 unspecified atom stereocenters. The second-order valence-electron chi connectivity index (χ2n) is 5.79. The Morgan fingerprint density at radius 1 is 0.864 bits per heavy atom. The highest BCUT2D eigenvalue weighted by atomic mass is 16.5. The van der Waals surface area contributed by atoms with Gasteiger partial charge in [0.1, 0.15) is 0 Å². The van der Waals surface area contributed by atoms with Gasteiger partial charge in [0.15, 0.2) is 0 Å². The van der Waals surface area contributed by atoms with Crippen LogP contribution in [-0.2, 0) is 4.74 Å². The normalized spacial score (nSPS) is 18.8. The first-order chi connectivity index (χ1) is 10.8. The summed E-state index contributed by atoms with van der Waals surface area (Å²) in [5.74, 6) is 0.0710. The Labute approximate surface area is 132 Å². The number of rotatable bonds is 5. The maximum Gasteiger partial charge on any atom is 0.0870 e. The molecule has 1 N–H and O–H groups in total. The van der Waals surface area contributed by atoms with Gasteiger partial charge in [-0.15, -0.1) is 0 Å². The maximum absolute atomic E-state index is 10.9. The molecule has 22 heavy (non-hydrogen) atoms. The molecule has 3 heteroatoms. The fourth-order valence-corrected chi connectivity index (χ4v) is 3.03. The Bertz CT molecular complexity index is 552. The summed E-state index contributed by atoms with van der Waals surface area (Å²) in [7, 11) is 0. The van der Waals surface area contributed by atoms with Crippen molar-refractivity contribution in [1.82, 2.24) is 4.90 Å². The number of benzene rings is 2. The van der Waals surface area contributed by atoms with Gasteiger partial charge >= 0.3 is 0 Å². The summed E-state index contributed by atoms with van der Waals surface area (Å²) in [5.41, 5.74) is 2.16. The molecule has 116 valence electrons. The van der Waals surface area contributed by atoms with Crippen molar-refractivity contribution >= 4 is 0 Å². The van der Waals surface area contributed by atoms with E-state index in [4.69, 9.17) is 4.74 Å².